The van der Waals surface area contributed by atoms with Crippen LogP contribution in [0.5, 0.6) is 5.75 Å². The van der Waals surface area contributed by atoms with Gasteiger partial charge in [0.25, 0.3) is 5.91 Å². The van der Waals surface area contributed by atoms with E-state index in [2.05, 4.69) is 5.32 Å². The largest absolute Gasteiger partial charge is 0.481 e. The number of aryl methyl sites for hydroxylation is 2. The van der Waals surface area contributed by atoms with E-state index >= 15 is 0 Å². The Bertz CT molecular complexity index is 493. The molecule has 0 atom stereocenters. The fourth-order valence-electron chi connectivity index (χ4n) is 1.76. The van der Waals surface area contributed by atoms with Crippen LogP contribution in [0, 0.1) is 13.8 Å². The zero-order valence-electron chi connectivity index (χ0n) is 12.5. The molecule has 0 bridgehead atoms. The topological polar surface area (TPSA) is 64.6 Å². The highest BCUT2D eigenvalue weighted by atomic mass is 35.5. The molecule has 0 saturated carbocycles. The van der Waals surface area contributed by atoms with Crippen LogP contribution in [-0.4, -0.2) is 31.6 Å². The van der Waals surface area contributed by atoms with Crippen LogP contribution < -0.4 is 10.1 Å². The van der Waals surface area contributed by atoms with Crippen molar-refractivity contribution >= 4 is 23.5 Å². The molecular weight excluding hydrogens is 294 g/mol. The summed E-state index contributed by atoms with van der Waals surface area (Å²) in [7, 11) is 0. The van der Waals surface area contributed by atoms with Crippen molar-refractivity contribution in [1.29, 1.82) is 0 Å². The van der Waals surface area contributed by atoms with Crippen LogP contribution in [0.3, 0.4) is 0 Å². The highest BCUT2D eigenvalue weighted by molar-refractivity contribution is 6.30. The Hall–Kier alpha value is -1.75. The summed E-state index contributed by atoms with van der Waals surface area (Å²) in [5, 5.41) is 3.23. The molecule has 1 rings (SSSR count). The van der Waals surface area contributed by atoms with Gasteiger partial charge in [-0.2, -0.15) is 0 Å². The Balaban J connectivity index is 2.42. The Morgan fingerprint density at radius 3 is 2.38 bits per heavy atom. The fraction of sp³-hybridized carbons (Fsp3) is 0.467. The van der Waals surface area contributed by atoms with E-state index in [9.17, 15) is 9.59 Å². The third-order valence-corrected chi connectivity index (χ3v) is 2.91. The highest BCUT2D eigenvalue weighted by Crippen LogP contribution is 2.26. The summed E-state index contributed by atoms with van der Waals surface area (Å²) < 4.78 is 10.3. The normalized spacial score (nSPS) is 10.1. The average molecular weight is 314 g/mol. The van der Waals surface area contributed by atoms with Gasteiger partial charge < -0.3 is 14.8 Å². The van der Waals surface area contributed by atoms with Crippen molar-refractivity contribution in [1.82, 2.24) is 5.32 Å². The van der Waals surface area contributed by atoms with E-state index in [0.29, 0.717) is 17.3 Å². The first-order chi connectivity index (χ1) is 9.93. The highest BCUT2D eigenvalue weighted by Gasteiger charge is 2.11. The molecule has 1 N–H and O–H groups in total. The SMILES string of the molecule is CCCNC(=O)COC(=O)COc1c(C)cc(Cl)cc1C. The van der Waals surface area contributed by atoms with Crippen molar-refractivity contribution in [3.63, 3.8) is 0 Å². The Morgan fingerprint density at radius 2 is 1.81 bits per heavy atom. The number of hydrogen-bond donors (Lipinski definition) is 1. The molecule has 5 nitrogen and oxygen atoms in total. The third kappa shape index (κ3) is 6.04. The number of nitrogens with one attached hydrogen (secondary N) is 1. The lowest BCUT2D eigenvalue weighted by molar-refractivity contribution is -0.150. The van der Waals surface area contributed by atoms with Gasteiger partial charge in [0.1, 0.15) is 5.75 Å². The van der Waals surface area contributed by atoms with Gasteiger partial charge in [0.15, 0.2) is 13.2 Å². The van der Waals surface area contributed by atoms with Gasteiger partial charge in [-0.05, 0) is 43.5 Å². The van der Waals surface area contributed by atoms with Crippen LogP contribution >= 0.6 is 11.6 Å². The van der Waals surface area contributed by atoms with Crippen molar-refractivity contribution in [3.05, 3.63) is 28.3 Å². The summed E-state index contributed by atoms with van der Waals surface area (Å²) in [4.78, 5) is 22.8. The lowest BCUT2D eigenvalue weighted by atomic mass is 10.1. The van der Waals surface area contributed by atoms with Crippen molar-refractivity contribution in [2.45, 2.75) is 27.2 Å². The minimum Gasteiger partial charge on any atom is -0.481 e. The van der Waals surface area contributed by atoms with Gasteiger partial charge >= 0.3 is 5.97 Å². The van der Waals surface area contributed by atoms with Crippen molar-refractivity contribution in [3.8, 4) is 5.75 Å². The molecule has 1 aromatic rings. The molecule has 1 amide bonds. The second-order valence-electron chi connectivity index (χ2n) is 4.67. The molecule has 0 saturated heterocycles. The maximum absolute atomic E-state index is 11.5. The molecule has 0 aromatic heterocycles. The lowest BCUT2D eigenvalue weighted by Crippen LogP contribution is -2.30. The lowest BCUT2D eigenvalue weighted by Gasteiger charge is -2.12. The van der Waals surface area contributed by atoms with Crippen molar-refractivity contribution in [2.75, 3.05) is 19.8 Å². The van der Waals surface area contributed by atoms with Gasteiger partial charge in [0.05, 0.1) is 0 Å². The molecule has 0 heterocycles. The molecular formula is C15H20ClNO4. The summed E-state index contributed by atoms with van der Waals surface area (Å²) in [5.74, 6) is -0.300. The molecule has 0 spiro atoms. The quantitative estimate of drug-likeness (QED) is 0.785. The van der Waals surface area contributed by atoms with Gasteiger partial charge in [0.2, 0.25) is 0 Å². The van der Waals surface area contributed by atoms with E-state index in [0.717, 1.165) is 17.5 Å². The van der Waals surface area contributed by atoms with Gasteiger partial charge in [-0.15, -0.1) is 0 Å². The number of ether oxygens (including phenoxy) is 2. The zero-order valence-corrected chi connectivity index (χ0v) is 13.3. The van der Waals surface area contributed by atoms with Gasteiger partial charge in [-0.25, -0.2) is 4.79 Å². The van der Waals surface area contributed by atoms with Gasteiger partial charge in [0, 0.05) is 11.6 Å². The van der Waals surface area contributed by atoms with Crippen LogP contribution in [0.2, 0.25) is 5.02 Å². The zero-order chi connectivity index (χ0) is 15.8. The molecule has 1 aromatic carbocycles. The predicted octanol–water partition coefficient (Wildman–Crippen LogP) is 2.41. The first-order valence-electron chi connectivity index (χ1n) is 6.76. The molecule has 116 valence electrons. The summed E-state index contributed by atoms with van der Waals surface area (Å²) in [6, 6.07) is 3.51. The van der Waals surface area contributed by atoms with Crippen molar-refractivity contribution < 1.29 is 19.1 Å². The van der Waals surface area contributed by atoms with Crippen LogP contribution in [0.1, 0.15) is 24.5 Å². The van der Waals surface area contributed by atoms with Crippen LogP contribution in [-0.2, 0) is 14.3 Å². The summed E-state index contributed by atoms with van der Waals surface area (Å²) >= 11 is 5.92. The number of halogens is 1. The standard InChI is InChI=1S/C15H20ClNO4/c1-4-5-17-13(18)8-20-14(19)9-21-15-10(2)6-12(16)7-11(15)3/h6-7H,4-5,8-9H2,1-3H3,(H,17,18). The van der Waals surface area contributed by atoms with E-state index in [4.69, 9.17) is 21.1 Å². The maximum Gasteiger partial charge on any atom is 0.344 e. The molecule has 0 unspecified atom stereocenters. The van der Waals surface area contributed by atoms with Crippen LogP contribution in [0.4, 0.5) is 0 Å². The first-order valence-corrected chi connectivity index (χ1v) is 7.13. The number of amides is 1. The Labute approximate surface area is 129 Å². The van der Waals surface area contributed by atoms with Crippen LogP contribution in [0.25, 0.3) is 0 Å². The molecule has 0 aliphatic rings. The molecule has 0 aliphatic heterocycles. The molecule has 6 heteroatoms. The molecule has 0 fully saturated rings. The second-order valence-corrected chi connectivity index (χ2v) is 5.10. The Morgan fingerprint density at radius 1 is 1.19 bits per heavy atom. The summed E-state index contributed by atoms with van der Waals surface area (Å²) in [5.41, 5.74) is 1.68. The smallest absolute Gasteiger partial charge is 0.344 e. The van der Waals surface area contributed by atoms with E-state index in [1.807, 2.05) is 20.8 Å². The number of benzene rings is 1. The minimum absolute atomic E-state index is 0.246. The van der Waals surface area contributed by atoms with E-state index in [1.54, 1.807) is 12.1 Å². The number of carbonyl (C=O) groups is 2. The number of esters is 1. The van der Waals surface area contributed by atoms with Gasteiger partial charge in [-0.3, -0.25) is 4.79 Å². The third-order valence-electron chi connectivity index (χ3n) is 2.70. The average Bonchev–Trinajstić information content (AvgIpc) is 2.41. The number of carbonyl (C=O) groups excluding carboxylic acids is 2. The summed E-state index contributed by atoms with van der Waals surface area (Å²) in [6.07, 6.45) is 0.831. The van der Waals surface area contributed by atoms with Gasteiger partial charge in [-0.1, -0.05) is 18.5 Å². The monoisotopic (exact) mass is 313 g/mol. The predicted molar refractivity (Wildman–Crippen MR) is 80.7 cm³/mol. The maximum atomic E-state index is 11.5. The molecule has 21 heavy (non-hydrogen) atoms. The van der Waals surface area contributed by atoms with Crippen LogP contribution in [0.15, 0.2) is 12.1 Å². The Kier molecular flexibility index (Phi) is 7.02. The van der Waals surface area contributed by atoms with E-state index < -0.39 is 5.97 Å². The second kappa shape index (κ2) is 8.52. The first kappa shape index (κ1) is 17.3. The number of rotatable bonds is 7. The number of hydrogen-bond acceptors (Lipinski definition) is 4. The molecule has 0 radical (unpaired) electrons. The van der Waals surface area contributed by atoms with Crippen molar-refractivity contribution in [2.24, 2.45) is 0 Å². The van der Waals surface area contributed by atoms with E-state index in [-0.39, 0.29) is 19.1 Å². The fourth-order valence-corrected chi connectivity index (χ4v) is 2.09. The summed E-state index contributed by atoms with van der Waals surface area (Å²) in [6.45, 7) is 5.66. The molecule has 0 aliphatic carbocycles. The minimum atomic E-state index is -0.588. The van der Waals surface area contributed by atoms with E-state index in [1.165, 1.54) is 0 Å².